The molecule has 1 aliphatic rings. The van der Waals surface area contributed by atoms with Gasteiger partial charge in [0.05, 0.1) is 5.69 Å². The SMILES string of the molecule is Cc1nc(CCC(=O)NCC2(C)CCNCC2)oc1-c1ccccc1. The van der Waals surface area contributed by atoms with Crippen LogP contribution >= 0.6 is 0 Å². The lowest BCUT2D eigenvalue weighted by molar-refractivity contribution is -0.121. The van der Waals surface area contributed by atoms with Gasteiger partial charge in [-0.15, -0.1) is 0 Å². The van der Waals surface area contributed by atoms with Crippen LogP contribution in [-0.4, -0.2) is 30.5 Å². The maximum Gasteiger partial charge on any atom is 0.220 e. The van der Waals surface area contributed by atoms with Crippen molar-refractivity contribution in [2.24, 2.45) is 5.41 Å². The number of oxazole rings is 1. The van der Waals surface area contributed by atoms with Crippen LogP contribution in [0.1, 0.15) is 37.8 Å². The molecule has 3 rings (SSSR count). The summed E-state index contributed by atoms with van der Waals surface area (Å²) in [4.78, 5) is 16.6. The highest BCUT2D eigenvalue weighted by Crippen LogP contribution is 2.27. The van der Waals surface area contributed by atoms with Gasteiger partial charge >= 0.3 is 0 Å². The van der Waals surface area contributed by atoms with E-state index in [2.05, 4.69) is 22.5 Å². The zero-order valence-corrected chi connectivity index (χ0v) is 15.1. The maximum atomic E-state index is 12.2. The van der Waals surface area contributed by atoms with Crippen LogP contribution < -0.4 is 10.6 Å². The predicted molar refractivity (Wildman–Crippen MR) is 98.2 cm³/mol. The molecule has 5 nitrogen and oxygen atoms in total. The molecule has 1 saturated heterocycles. The van der Waals surface area contributed by atoms with Crippen molar-refractivity contribution in [1.82, 2.24) is 15.6 Å². The first-order valence-corrected chi connectivity index (χ1v) is 9.05. The quantitative estimate of drug-likeness (QED) is 0.847. The molecule has 0 atom stereocenters. The number of hydrogen-bond acceptors (Lipinski definition) is 4. The second kappa shape index (κ2) is 7.83. The van der Waals surface area contributed by atoms with E-state index >= 15 is 0 Å². The normalized spacial score (nSPS) is 16.6. The first kappa shape index (κ1) is 17.7. The number of nitrogens with one attached hydrogen (secondary N) is 2. The number of benzene rings is 1. The number of aromatic nitrogens is 1. The summed E-state index contributed by atoms with van der Waals surface area (Å²) in [6.07, 6.45) is 3.14. The summed E-state index contributed by atoms with van der Waals surface area (Å²) in [6, 6.07) is 9.94. The molecule has 0 radical (unpaired) electrons. The van der Waals surface area contributed by atoms with Gasteiger partial charge in [-0.2, -0.15) is 0 Å². The first-order valence-electron chi connectivity index (χ1n) is 9.05. The number of nitrogens with zero attached hydrogens (tertiary/aromatic N) is 1. The summed E-state index contributed by atoms with van der Waals surface area (Å²) in [7, 11) is 0. The molecule has 1 aromatic heterocycles. The van der Waals surface area contributed by atoms with E-state index in [1.165, 1.54) is 0 Å². The van der Waals surface area contributed by atoms with E-state index < -0.39 is 0 Å². The Morgan fingerprint density at radius 2 is 2.00 bits per heavy atom. The lowest BCUT2D eigenvalue weighted by Crippen LogP contribution is -2.42. The molecular weight excluding hydrogens is 314 g/mol. The number of amides is 1. The fraction of sp³-hybridized carbons (Fsp3) is 0.500. The van der Waals surface area contributed by atoms with Crippen LogP contribution in [-0.2, 0) is 11.2 Å². The summed E-state index contributed by atoms with van der Waals surface area (Å²) in [5.74, 6) is 1.48. The molecule has 1 aromatic carbocycles. The fourth-order valence-electron chi connectivity index (χ4n) is 3.24. The van der Waals surface area contributed by atoms with Crippen molar-refractivity contribution in [2.75, 3.05) is 19.6 Å². The molecular formula is C20H27N3O2. The number of piperidine rings is 1. The molecule has 1 fully saturated rings. The Morgan fingerprint density at radius 3 is 2.72 bits per heavy atom. The molecule has 0 saturated carbocycles. The number of carbonyl (C=O) groups excluding carboxylic acids is 1. The largest absolute Gasteiger partial charge is 0.440 e. The van der Waals surface area contributed by atoms with Gasteiger partial charge in [0, 0.05) is 24.9 Å². The van der Waals surface area contributed by atoms with Gasteiger partial charge < -0.3 is 15.1 Å². The Hall–Kier alpha value is -2.14. The van der Waals surface area contributed by atoms with Crippen LogP contribution in [0.15, 0.2) is 34.7 Å². The maximum absolute atomic E-state index is 12.2. The topological polar surface area (TPSA) is 67.2 Å². The number of aryl methyl sites for hydroxylation is 2. The lowest BCUT2D eigenvalue weighted by atomic mass is 9.81. The molecule has 134 valence electrons. The van der Waals surface area contributed by atoms with Crippen molar-refractivity contribution < 1.29 is 9.21 Å². The van der Waals surface area contributed by atoms with E-state index in [0.29, 0.717) is 18.7 Å². The second-order valence-corrected chi connectivity index (χ2v) is 7.23. The third-order valence-corrected chi connectivity index (χ3v) is 4.97. The summed E-state index contributed by atoms with van der Waals surface area (Å²) < 4.78 is 5.87. The monoisotopic (exact) mass is 341 g/mol. The second-order valence-electron chi connectivity index (χ2n) is 7.23. The minimum atomic E-state index is 0.0665. The number of rotatable bonds is 6. The van der Waals surface area contributed by atoms with E-state index in [-0.39, 0.29) is 11.3 Å². The zero-order chi connectivity index (χ0) is 17.7. The molecule has 2 N–H and O–H groups in total. The Morgan fingerprint density at radius 1 is 1.28 bits per heavy atom. The van der Waals surface area contributed by atoms with Gasteiger partial charge in [0.25, 0.3) is 0 Å². The molecule has 5 heteroatoms. The summed E-state index contributed by atoms with van der Waals surface area (Å²) in [5, 5.41) is 6.44. The highest BCUT2D eigenvalue weighted by molar-refractivity contribution is 5.76. The van der Waals surface area contributed by atoms with Gasteiger partial charge in [-0.05, 0) is 38.3 Å². The molecule has 25 heavy (non-hydrogen) atoms. The van der Waals surface area contributed by atoms with Crippen LogP contribution in [0.5, 0.6) is 0 Å². The Bertz CT molecular complexity index is 703. The van der Waals surface area contributed by atoms with Crippen LogP contribution in [0, 0.1) is 12.3 Å². The van der Waals surface area contributed by atoms with Gasteiger partial charge in [0.2, 0.25) is 5.91 Å². The van der Waals surface area contributed by atoms with Crippen molar-refractivity contribution >= 4 is 5.91 Å². The minimum Gasteiger partial charge on any atom is -0.440 e. The van der Waals surface area contributed by atoms with Gasteiger partial charge in [0.15, 0.2) is 11.7 Å². The first-order chi connectivity index (χ1) is 12.1. The Kier molecular flexibility index (Phi) is 5.53. The highest BCUT2D eigenvalue weighted by Gasteiger charge is 2.27. The van der Waals surface area contributed by atoms with Crippen molar-refractivity contribution in [2.45, 2.75) is 39.5 Å². The third-order valence-electron chi connectivity index (χ3n) is 4.97. The van der Waals surface area contributed by atoms with Crippen molar-refractivity contribution in [1.29, 1.82) is 0 Å². The lowest BCUT2D eigenvalue weighted by Gasteiger charge is -2.34. The fourth-order valence-corrected chi connectivity index (χ4v) is 3.24. The molecule has 0 bridgehead atoms. The summed E-state index contributed by atoms with van der Waals surface area (Å²) in [6.45, 7) is 6.99. The molecule has 1 amide bonds. The van der Waals surface area contributed by atoms with E-state index in [1.807, 2.05) is 37.3 Å². The van der Waals surface area contributed by atoms with Gasteiger partial charge in [-0.1, -0.05) is 37.3 Å². The standard InChI is InChI=1S/C20H27N3O2/c1-15-19(16-6-4-3-5-7-16)25-18(23-15)9-8-17(24)22-14-20(2)10-12-21-13-11-20/h3-7,21H,8-14H2,1-2H3,(H,22,24). The average Bonchev–Trinajstić information content (AvgIpc) is 3.00. The van der Waals surface area contributed by atoms with Crippen LogP contribution in [0.3, 0.4) is 0 Å². The Labute approximate surface area is 149 Å². The van der Waals surface area contributed by atoms with Crippen LogP contribution in [0.25, 0.3) is 11.3 Å². The Balaban J connectivity index is 1.51. The molecule has 0 spiro atoms. The third kappa shape index (κ3) is 4.69. The van der Waals surface area contributed by atoms with Gasteiger partial charge in [0.1, 0.15) is 0 Å². The zero-order valence-electron chi connectivity index (χ0n) is 15.1. The summed E-state index contributed by atoms with van der Waals surface area (Å²) >= 11 is 0. The van der Waals surface area contributed by atoms with E-state index in [9.17, 15) is 4.79 Å². The molecule has 2 heterocycles. The van der Waals surface area contributed by atoms with E-state index in [1.54, 1.807) is 0 Å². The van der Waals surface area contributed by atoms with Crippen LogP contribution in [0.4, 0.5) is 0 Å². The van der Waals surface area contributed by atoms with E-state index in [0.717, 1.165) is 49.5 Å². The van der Waals surface area contributed by atoms with Crippen LogP contribution in [0.2, 0.25) is 0 Å². The summed E-state index contributed by atoms with van der Waals surface area (Å²) in [5.41, 5.74) is 2.09. The van der Waals surface area contributed by atoms with Crippen molar-refractivity contribution in [3.63, 3.8) is 0 Å². The van der Waals surface area contributed by atoms with Gasteiger partial charge in [-0.25, -0.2) is 4.98 Å². The molecule has 1 aliphatic heterocycles. The highest BCUT2D eigenvalue weighted by atomic mass is 16.4. The average molecular weight is 341 g/mol. The molecule has 2 aromatic rings. The number of carbonyl (C=O) groups is 1. The smallest absolute Gasteiger partial charge is 0.220 e. The van der Waals surface area contributed by atoms with Crippen molar-refractivity contribution in [3.05, 3.63) is 41.9 Å². The van der Waals surface area contributed by atoms with Crippen molar-refractivity contribution in [3.8, 4) is 11.3 Å². The predicted octanol–water partition coefficient (Wildman–Crippen LogP) is 3.09. The molecule has 0 unspecified atom stereocenters. The molecule has 0 aliphatic carbocycles. The van der Waals surface area contributed by atoms with Gasteiger partial charge in [-0.3, -0.25) is 4.79 Å². The number of hydrogen-bond donors (Lipinski definition) is 2. The van der Waals surface area contributed by atoms with E-state index in [4.69, 9.17) is 4.42 Å². The minimum absolute atomic E-state index is 0.0665.